The smallest absolute Gasteiger partial charge is 0.340 e. The second-order valence-corrected chi connectivity index (χ2v) is 7.94. The van der Waals surface area contributed by atoms with Crippen LogP contribution < -0.4 is 16.0 Å². The molecule has 0 radical (unpaired) electrons. The van der Waals surface area contributed by atoms with Crippen LogP contribution in [0.25, 0.3) is 0 Å². The van der Waals surface area contributed by atoms with E-state index in [1.54, 1.807) is 30.3 Å². The molecule has 0 fully saturated rings. The minimum atomic E-state index is -4.52. The molecular formula is C26H22F3N5O. The number of halogens is 3. The van der Waals surface area contributed by atoms with Crippen molar-refractivity contribution in [1.29, 1.82) is 0 Å². The van der Waals surface area contributed by atoms with E-state index in [0.29, 0.717) is 23.1 Å². The first-order valence-corrected chi connectivity index (χ1v) is 10.7. The maximum Gasteiger partial charge on any atom is 0.416 e. The van der Waals surface area contributed by atoms with E-state index in [0.717, 1.165) is 29.1 Å². The van der Waals surface area contributed by atoms with E-state index < -0.39 is 17.6 Å². The highest BCUT2D eigenvalue weighted by Crippen LogP contribution is 2.30. The number of anilines is 5. The molecule has 0 atom stereocenters. The van der Waals surface area contributed by atoms with Crippen LogP contribution in [0.1, 0.15) is 27.2 Å². The second kappa shape index (κ2) is 9.84. The van der Waals surface area contributed by atoms with E-state index >= 15 is 0 Å². The number of rotatable bonds is 6. The van der Waals surface area contributed by atoms with Crippen molar-refractivity contribution in [2.24, 2.45) is 0 Å². The van der Waals surface area contributed by atoms with Crippen LogP contribution in [-0.4, -0.2) is 15.9 Å². The van der Waals surface area contributed by atoms with E-state index in [-0.39, 0.29) is 5.56 Å². The SMILES string of the molecule is Cc1ccc(Nc2nc(C)cc(Nc3ccc(NC(=O)c4cccc(C(F)(F)F)c4)cc3)n2)cc1. The largest absolute Gasteiger partial charge is 0.416 e. The first-order chi connectivity index (χ1) is 16.7. The van der Waals surface area contributed by atoms with Crippen molar-refractivity contribution in [1.82, 2.24) is 9.97 Å². The number of amides is 1. The summed E-state index contributed by atoms with van der Waals surface area (Å²) in [5.41, 5.74) is 2.99. The van der Waals surface area contributed by atoms with Gasteiger partial charge in [0.15, 0.2) is 0 Å². The summed E-state index contributed by atoms with van der Waals surface area (Å²) in [7, 11) is 0. The summed E-state index contributed by atoms with van der Waals surface area (Å²) >= 11 is 0. The number of hydrogen-bond donors (Lipinski definition) is 3. The van der Waals surface area contributed by atoms with Gasteiger partial charge in [-0.1, -0.05) is 23.8 Å². The summed E-state index contributed by atoms with van der Waals surface area (Å²) in [6.45, 7) is 3.87. The van der Waals surface area contributed by atoms with Crippen LogP contribution in [-0.2, 0) is 6.18 Å². The fourth-order valence-electron chi connectivity index (χ4n) is 3.28. The van der Waals surface area contributed by atoms with Gasteiger partial charge in [-0.25, -0.2) is 4.98 Å². The topological polar surface area (TPSA) is 78.9 Å². The predicted octanol–water partition coefficient (Wildman–Crippen LogP) is 6.85. The molecule has 0 saturated heterocycles. The number of nitrogens with zero attached hydrogens (tertiary/aromatic N) is 2. The van der Waals surface area contributed by atoms with E-state index in [2.05, 4.69) is 25.9 Å². The zero-order valence-corrected chi connectivity index (χ0v) is 18.9. The quantitative estimate of drug-likeness (QED) is 0.283. The van der Waals surface area contributed by atoms with Gasteiger partial charge in [0, 0.05) is 34.4 Å². The molecule has 0 aliphatic rings. The Hall–Kier alpha value is -4.40. The fourth-order valence-corrected chi connectivity index (χ4v) is 3.28. The number of benzene rings is 3. The summed E-state index contributed by atoms with van der Waals surface area (Å²) in [4.78, 5) is 21.3. The molecule has 178 valence electrons. The molecule has 0 spiro atoms. The number of aromatic nitrogens is 2. The molecule has 0 aliphatic heterocycles. The van der Waals surface area contributed by atoms with Gasteiger partial charge in [-0.05, 0) is 68.4 Å². The van der Waals surface area contributed by atoms with Gasteiger partial charge in [-0.2, -0.15) is 18.2 Å². The lowest BCUT2D eigenvalue weighted by atomic mass is 10.1. The summed E-state index contributed by atoms with van der Waals surface area (Å²) in [6, 6.07) is 20.7. The molecule has 1 aromatic heterocycles. The van der Waals surface area contributed by atoms with Crippen molar-refractivity contribution < 1.29 is 18.0 Å². The Morgan fingerprint density at radius 1 is 0.771 bits per heavy atom. The number of carbonyl (C=O) groups is 1. The van der Waals surface area contributed by atoms with Gasteiger partial charge in [-0.3, -0.25) is 4.79 Å². The van der Waals surface area contributed by atoms with Gasteiger partial charge in [0.05, 0.1) is 5.56 Å². The Labute approximate surface area is 200 Å². The summed E-state index contributed by atoms with van der Waals surface area (Å²) in [6.07, 6.45) is -4.52. The standard InChI is InChI=1S/C26H22F3N5O/c1-16-6-8-22(9-7-16)33-25-30-17(2)14-23(34-25)31-20-10-12-21(13-11-20)32-24(35)18-4-3-5-19(15-18)26(27,28)29/h3-15H,1-2H3,(H,32,35)(H2,30,31,33,34). The molecule has 0 unspecified atom stereocenters. The minimum absolute atomic E-state index is 0.0768. The van der Waals surface area contributed by atoms with Gasteiger partial charge < -0.3 is 16.0 Å². The van der Waals surface area contributed by atoms with E-state index in [1.165, 1.54) is 12.1 Å². The molecule has 0 bridgehead atoms. The third-order valence-electron chi connectivity index (χ3n) is 5.03. The van der Waals surface area contributed by atoms with Gasteiger partial charge in [0.25, 0.3) is 5.91 Å². The number of hydrogen-bond acceptors (Lipinski definition) is 5. The first kappa shape index (κ1) is 23.7. The van der Waals surface area contributed by atoms with Crippen LogP contribution in [0.15, 0.2) is 78.9 Å². The second-order valence-electron chi connectivity index (χ2n) is 7.94. The monoisotopic (exact) mass is 477 g/mol. The van der Waals surface area contributed by atoms with Crippen LogP contribution in [0.5, 0.6) is 0 Å². The highest BCUT2D eigenvalue weighted by molar-refractivity contribution is 6.04. The van der Waals surface area contributed by atoms with Crippen LogP contribution in [0.4, 0.5) is 42.0 Å². The highest BCUT2D eigenvalue weighted by Gasteiger charge is 2.30. The highest BCUT2D eigenvalue weighted by atomic mass is 19.4. The average Bonchev–Trinajstić information content (AvgIpc) is 2.81. The van der Waals surface area contributed by atoms with Crippen LogP contribution in [0.2, 0.25) is 0 Å². The number of aryl methyl sites for hydroxylation is 2. The Morgan fingerprint density at radius 2 is 1.40 bits per heavy atom. The zero-order valence-electron chi connectivity index (χ0n) is 18.9. The lowest BCUT2D eigenvalue weighted by Crippen LogP contribution is -2.13. The molecule has 4 aromatic rings. The van der Waals surface area contributed by atoms with E-state index in [9.17, 15) is 18.0 Å². The lowest BCUT2D eigenvalue weighted by Gasteiger charge is -2.11. The number of alkyl halides is 3. The van der Waals surface area contributed by atoms with Gasteiger partial charge in [-0.15, -0.1) is 0 Å². The molecule has 4 rings (SSSR count). The lowest BCUT2D eigenvalue weighted by molar-refractivity contribution is -0.137. The Morgan fingerprint density at radius 3 is 2.09 bits per heavy atom. The molecular weight excluding hydrogens is 455 g/mol. The van der Waals surface area contributed by atoms with Crippen LogP contribution >= 0.6 is 0 Å². The normalized spacial score (nSPS) is 11.1. The molecule has 9 heteroatoms. The molecule has 0 saturated carbocycles. The Bertz CT molecular complexity index is 1340. The van der Waals surface area contributed by atoms with Crippen molar-refractivity contribution in [3.63, 3.8) is 0 Å². The summed E-state index contributed by atoms with van der Waals surface area (Å²) in [5, 5.41) is 8.97. The third-order valence-corrected chi connectivity index (χ3v) is 5.03. The number of nitrogens with one attached hydrogen (secondary N) is 3. The molecule has 6 nitrogen and oxygen atoms in total. The molecule has 3 aromatic carbocycles. The maximum atomic E-state index is 12.9. The van der Waals surface area contributed by atoms with Crippen molar-refractivity contribution in [2.45, 2.75) is 20.0 Å². The van der Waals surface area contributed by atoms with Crippen molar-refractivity contribution >= 4 is 34.7 Å². The fraction of sp³-hybridized carbons (Fsp3) is 0.115. The Kier molecular flexibility index (Phi) is 6.68. The molecule has 1 amide bonds. The minimum Gasteiger partial charge on any atom is -0.340 e. The molecule has 3 N–H and O–H groups in total. The van der Waals surface area contributed by atoms with Gasteiger partial charge in [0.1, 0.15) is 5.82 Å². The molecule has 35 heavy (non-hydrogen) atoms. The third kappa shape index (κ3) is 6.35. The van der Waals surface area contributed by atoms with Crippen molar-refractivity contribution in [3.05, 3.63) is 101 Å². The predicted molar refractivity (Wildman–Crippen MR) is 130 cm³/mol. The van der Waals surface area contributed by atoms with Crippen molar-refractivity contribution in [2.75, 3.05) is 16.0 Å². The van der Waals surface area contributed by atoms with E-state index in [1.807, 2.05) is 38.1 Å². The van der Waals surface area contributed by atoms with Gasteiger partial charge in [0.2, 0.25) is 5.95 Å². The van der Waals surface area contributed by atoms with Crippen molar-refractivity contribution in [3.8, 4) is 0 Å². The molecule has 1 heterocycles. The van der Waals surface area contributed by atoms with Crippen LogP contribution in [0.3, 0.4) is 0 Å². The molecule has 0 aliphatic carbocycles. The van der Waals surface area contributed by atoms with Crippen LogP contribution in [0, 0.1) is 13.8 Å². The summed E-state index contributed by atoms with van der Waals surface area (Å²) < 4.78 is 38.7. The van der Waals surface area contributed by atoms with Gasteiger partial charge >= 0.3 is 6.18 Å². The number of carbonyl (C=O) groups excluding carboxylic acids is 1. The summed E-state index contributed by atoms with van der Waals surface area (Å²) in [5.74, 6) is 0.393. The average molecular weight is 477 g/mol. The van der Waals surface area contributed by atoms with E-state index in [4.69, 9.17) is 0 Å². The zero-order chi connectivity index (χ0) is 25.0. The Balaban J connectivity index is 1.42. The maximum absolute atomic E-state index is 12.9. The first-order valence-electron chi connectivity index (χ1n) is 10.7.